The SMILES string of the molecule is O=C1CCc2cc(C(O)CCC(=O)NC3CCc4ccc(Cl)cc43)ccc2N1. The van der Waals surface area contributed by atoms with E-state index in [0.29, 0.717) is 24.3 Å². The van der Waals surface area contributed by atoms with Crippen LogP contribution < -0.4 is 10.6 Å². The lowest BCUT2D eigenvalue weighted by Gasteiger charge is -2.19. The van der Waals surface area contributed by atoms with E-state index in [1.54, 1.807) is 0 Å². The number of rotatable bonds is 5. The highest BCUT2D eigenvalue weighted by Crippen LogP contribution is 2.33. The molecule has 3 N–H and O–H groups in total. The van der Waals surface area contributed by atoms with Crippen molar-refractivity contribution in [1.29, 1.82) is 0 Å². The molecule has 2 amide bonds. The van der Waals surface area contributed by atoms with Gasteiger partial charge in [0.2, 0.25) is 11.8 Å². The number of fused-ring (bicyclic) bond motifs is 2. The summed E-state index contributed by atoms with van der Waals surface area (Å²) < 4.78 is 0. The van der Waals surface area contributed by atoms with Crippen LogP contribution in [0.25, 0.3) is 0 Å². The van der Waals surface area contributed by atoms with Crippen LogP contribution in [-0.4, -0.2) is 16.9 Å². The third-order valence-electron chi connectivity index (χ3n) is 5.58. The first-order valence-corrected chi connectivity index (χ1v) is 10.1. The first kappa shape index (κ1) is 19.0. The lowest BCUT2D eigenvalue weighted by atomic mass is 9.96. The summed E-state index contributed by atoms with van der Waals surface area (Å²) in [6.07, 6.45) is 2.84. The van der Waals surface area contributed by atoms with Crippen molar-refractivity contribution in [2.24, 2.45) is 0 Å². The first-order chi connectivity index (χ1) is 13.5. The zero-order chi connectivity index (χ0) is 19.7. The maximum atomic E-state index is 12.4. The second kappa shape index (κ2) is 7.94. The molecular formula is C22H23ClN2O3. The molecule has 0 bridgehead atoms. The van der Waals surface area contributed by atoms with E-state index < -0.39 is 6.10 Å². The minimum absolute atomic E-state index is 0.00861. The molecule has 1 heterocycles. The molecule has 2 aromatic carbocycles. The number of amides is 2. The molecule has 2 unspecified atom stereocenters. The predicted octanol–water partition coefficient (Wildman–Crippen LogP) is 3.84. The summed E-state index contributed by atoms with van der Waals surface area (Å²) in [6.45, 7) is 0. The van der Waals surface area contributed by atoms with Crippen LogP contribution in [-0.2, 0) is 22.4 Å². The third-order valence-corrected chi connectivity index (χ3v) is 5.81. The summed E-state index contributed by atoms with van der Waals surface area (Å²) in [5.74, 6) is -0.0469. The van der Waals surface area contributed by atoms with E-state index in [1.807, 2.05) is 36.4 Å². The molecule has 0 saturated carbocycles. The van der Waals surface area contributed by atoms with Gasteiger partial charge in [-0.1, -0.05) is 29.8 Å². The first-order valence-electron chi connectivity index (χ1n) is 9.68. The molecule has 0 radical (unpaired) electrons. The van der Waals surface area contributed by atoms with Gasteiger partial charge in [-0.25, -0.2) is 0 Å². The van der Waals surface area contributed by atoms with Crippen LogP contribution in [0.1, 0.15) is 60.1 Å². The second-order valence-corrected chi connectivity index (χ2v) is 7.96. The van der Waals surface area contributed by atoms with Crippen LogP contribution >= 0.6 is 11.6 Å². The van der Waals surface area contributed by atoms with Crippen LogP contribution in [0.5, 0.6) is 0 Å². The standard InChI is InChI=1S/C22H23ClN2O3/c23-16-5-1-13-2-7-19(17(13)12-16)25-22(28)10-8-20(26)15-3-6-18-14(11-15)4-9-21(27)24-18/h1,3,5-6,11-12,19-20,26H,2,4,7-10H2,(H,24,27)(H,25,28). The minimum atomic E-state index is -0.709. The molecule has 0 saturated heterocycles. The largest absolute Gasteiger partial charge is 0.388 e. The summed E-state index contributed by atoms with van der Waals surface area (Å²) in [4.78, 5) is 23.8. The van der Waals surface area contributed by atoms with Crippen LogP contribution in [0.3, 0.4) is 0 Å². The highest BCUT2D eigenvalue weighted by Gasteiger charge is 2.24. The van der Waals surface area contributed by atoms with Gasteiger partial charge in [0.1, 0.15) is 0 Å². The number of benzene rings is 2. The van der Waals surface area contributed by atoms with E-state index in [2.05, 4.69) is 10.6 Å². The van der Waals surface area contributed by atoms with E-state index in [0.717, 1.165) is 35.2 Å². The van der Waals surface area contributed by atoms with Gasteiger partial charge in [0, 0.05) is 23.6 Å². The van der Waals surface area contributed by atoms with Crippen molar-refractivity contribution in [3.05, 3.63) is 63.7 Å². The van der Waals surface area contributed by atoms with Gasteiger partial charge < -0.3 is 15.7 Å². The monoisotopic (exact) mass is 398 g/mol. The van der Waals surface area contributed by atoms with Crippen LogP contribution in [0.2, 0.25) is 5.02 Å². The van der Waals surface area contributed by atoms with Crippen molar-refractivity contribution < 1.29 is 14.7 Å². The maximum absolute atomic E-state index is 12.4. The summed E-state index contributed by atoms with van der Waals surface area (Å²) in [7, 11) is 0. The molecule has 4 rings (SSSR count). The molecule has 2 atom stereocenters. The van der Waals surface area contributed by atoms with Gasteiger partial charge in [-0.3, -0.25) is 9.59 Å². The fraction of sp³-hybridized carbons (Fsp3) is 0.364. The average molecular weight is 399 g/mol. The van der Waals surface area contributed by atoms with E-state index in [4.69, 9.17) is 11.6 Å². The van der Waals surface area contributed by atoms with Gasteiger partial charge in [-0.2, -0.15) is 0 Å². The number of halogens is 1. The number of carbonyl (C=O) groups is 2. The van der Waals surface area contributed by atoms with Gasteiger partial charge >= 0.3 is 0 Å². The van der Waals surface area contributed by atoms with Crippen molar-refractivity contribution in [3.8, 4) is 0 Å². The quantitative estimate of drug-likeness (QED) is 0.716. The molecule has 5 nitrogen and oxygen atoms in total. The number of carbonyl (C=O) groups excluding carboxylic acids is 2. The average Bonchev–Trinajstić information content (AvgIpc) is 3.07. The molecular weight excluding hydrogens is 376 g/mol. The lowest BCUT2D eigenvalue weighted by molar-refractivity contribution is -0.122. The van der Waals surface area contributed by atoms with Crippen molar-refractivity contribution in [3.63, 3.8) is 0 Å². The Bertz CT molecular complexity index is 928. The van der Waals surface area contributed by atoms with E-state index in [-0.39, 0.29) is 24.3 Å². The van der Waals surface area contributed by atoms with Gasteiger partial charge in [0.25, 0.3) is 0 Å². The fourth-order valence-electron chi connectivity index (χ4n) is 4.03. The van der Waals surface area contributed by atoms with E-state index >= 15 is 0 Å². The topological polar surface area (TPSA) is 78.4 Å². The maximum Gasteiger partial charge on any atom is 0.224 e. The zero-order valence-electron chi connectivity index (χ0n) is 15.5. The molecule has 2 aliphatic rings. The Labute approximate surface area is 169 Å². The summed E-state index contributed by atoms with van der Waals surface area (Å²) in [5, 5.41) is 17.1. The van der Waals surface area contributed by atoms with E-state index in [9.17, 15) is 14.7 Å². The van der Waals surface area contributed by atoms with Gasteiger partial charge in [0.05, 0.1) is 12.1 Å². The van der Waals surface area contributed by atoms with Crippen LogP contribution in [0, 0.1) is 0 Å². The Kier molecular flexibility index (Phi) is 5.38. The molecule has 1 aliphatic carbocycles. The Balaban J connectivity index is 1.33. The summed E-state index contributed by atoms with van der Waals surface area (Å²) in [6, 6.07) is 11.4. The van der Waals surface area contributed by atoms with Crippen molar-refractivity contribution >= 4 is 29.1 Å². The zero-order valence-corrected chi connectivity index (χ0v) is 16.3. The molecule has 1 aliphatic heterocycles. The highest BCUT2D eigenvalue weighted by molar-refractivity contribution is 6.30. The summed E-state index contributed by atoms with van der Waals surface area (Å²) >= 11 is 6.09. The third kappa shape index (κ3) is 4.05. The Hall–Kier alpha value is -2.37. The number of aryl methyl sites for hydroxylation is 2. The predicted molar refractivity (Wildman–Crippen MR) is 108 cm³/mol. The van der Waals surface area contributed by atoms with Gasteiger partial charge in [0.15, 0.2) is 0 Å². The molecule has 0 spiro atoms. The van der Waals surface area contributed by atoms with Crippen LogP contribution in [0.15, 0.2) is 36.4 Å². The number of aliphatic hydroxyl groups excluding tert-OH is 1. The normalized spacial score (nSPS) is 18.8. The van der Waals surface area contributed by atoms with Crippen molar-refractivity contribution in [2.75, 3.05) is 5.32 Å². The number of aliphatic hydroxyl groups is 1. The number of anilines is 1. The summed E-state index contributed by atoms with van der Waals surface area (Å²) in [5.41, 5.74) is 4.94. The van der Waals surface area contributed by atoms with Crippen LogP contribution in [0.4, 0.5) is 5.69 Å². The Morgan fingerprint density at radius 3 is 2.89 bits per heavy atom. The fourth-order valence-corrected chi connectivity index (χ4v) is 4.22. The van der Waals surface area contributed by atoms with Gasteiger partial charge in [-0.05, 0) is 66.1 Å². The Morgan fingerprint density at radius 1 is 1.18 bits per heavy atom. The molecule has 146 valence electrons. The molecule has 0 fully saturated rings. The molecule has 6 heteroatoms. The lowest BCUT2D eigenvalue weighted by Crippen LogP contribution is -2.27. The molecule has 2 aromatic rings. The number of hydrogen-bond donors (Lipinski definition) is 3. The van der Waals surface area contributed by atoms with Gasteiger partial charge in [-0.15, -0.1) is 0 Å². The number of hydrogen-bond acceptors (Lipinski definition) is 3. The molecule has 0 aromatic heterocycles. The number of nitrogens with one attached hydrogen (secondary N) is 2. The van der Waals surface area contributed by atoms with E-state index in [1.165, 1.54) is 5.56 Å². The Morgan fingerprint density at radius 2 is 2.04 bits per heavy atom. The van der Waals surface area contributed by atoms with Crippen molar-refractivity contribution in [2.45, 2.75) is 50.7 Å². The smallest absolute Gasteiger partial charge is 0.224 e. The second-order valence-electron chi connectivity index (χ2n) is 7.52. The minimum Gasteiger partial charge on any atom is -0.388 e. The molecule has 28 heavy (non-hydrogen) atoms. The van der Waals surface area contributed by atoms with Crippen molar-refractivity contribution in [1.82, 2.24) is 5.32 Å². The highest BCUT2D eigenvalue weighted by atomic mass is 35.5.